The van der Waals surface area contributed by atoms with Crippen LogP contribution in [0.15, 0.2) is 12.4 Å². The molecule has 2 heterocycles. The van der Waals surface area contributed by atoms with E-state index in [-0.39, 0.29) is 5.41 Å². The third-order valence-corrected chi connectivity index (χ3v) is 14.2. The summed E-state index contributed by atoms with van der Waals surface area (Å²) < 4.78 is 6.75. The molecule has 1 aromatic heterocycles. The predicted molar refractivity (Wildman–Crippen MR) is 140 cm³/mol. The molecule has 4 saturated carbocycles. The Labute approximate surface area is 213 Å². The van der Waals surface area contributed by atoms with Gasteiger partial charge in [0.25, 0.3) is 0 Å². The Hall–Kier alpha value is -0.960. The van der Waals surface area contributed by atoms with Gasteiger partial charge in [0.05, 0.1) is 24.1 Å². The second-order valence-corrected chi connectivity index (χ2v) is 16.0. The molecule has 1 aromatic rings. The van der Waals surface area contributed by atoms with Crippen molar-refractivity contribution in [1.82, 2.24) is 9.97 Å². The van der Waals surface area contributed by atoms with E-state index in [0.717, 1.165) is 30.8 Å². The summed E-state index contributed by atoms with van der Waals surface area (Å²) in [5, 5.41) is 0. The highest BCUT2D eigenvalue weighted by atomic mass is 16.5. The molecule has 0 amide bonds. The fraction of sp³-hybridized carbons (Fsp3) is 0.875. The van der Waals surface area contributed by atoms with Crippen LogP contribution in [0.5, 0.6) is 0 Å². The Balaban J connectivity index is 1.31. The van der Waals surface area contributed by atoms with Gasteiger partial charge >= 0.3 is 0 Å². The summed E-state index contributed by atoms with van der Waals surface area (Å²) in [6, 6.07) is 0. The lowest BCUT2D eigenvalue weighted by Gasteiger charge is -2.72. The third kappa shape index (κ3) is 2.58. The van der Waals surface area contributed by atoms with Crippen LogP contribution in [0.25, 0.3) is 0 Å². The number of hydrogen-bond donors (Lipinski definition) is 0. The van der Waals surface area contributed by atoms with Crippen LogP contribution in [0, 0.1) is 50.7 Å². The molecule has 6 aliphatic rings. The van der Waals surface area contributed by atoms with Crippen molar-refractivity contribution < 1.29 is 4.74 Å². The average molecular weight is 477 g/mol. The van der Waals surface area contributed by atoms with Crippen LogP contribution in [0.3, 0.4) is 0 Å². The van der Waals surface area contributed by atoms with Crippen LogP contribution in [0.4, 0.5) is 0 Å². The van der Waals surface area contributed by atoms with E-state index < -0.39 is 0 Å². The van der Waals surface area contributed by atoms with Crippen molar-refractivity contribution in [2.45, 2.75) is 118 Å². The van der Waals surface area contributed by atoms with Gasteiger partial charge in [0.1, 0.15) is 0 Å². The minimum absolute atomic E-state index is 0.104. The highest BCUT2D eigenvalue weighted by Crippen LogP contribution is 2.77. The van der Waals surface area contributed by atoms with E-state index in [0.29, 0.717) is 39.1 Å². The van der Waals surface area contributed by atoms with Gasteiger partial charge in [-0.05, 0) is 109 Å². The van der Waals surface area contributed by atoms with Crippen molar-refractivity contribution in [3.63, 3.8) is 0 Å². The first-order valence-corrected chi connectivity index (χ1v) is 14.8. The Kier molecular flexibility index (Phi) is 4.45. The summed E-state index contributed by atoms with van der Waals surface area (Å²) in [7, 11) is 0. The molecule has 9 atom stereocenters. The van der Waals surface area contributed by atoms with Crippen molar-refractivity contribution >= 4 is 0 Å². The molecule has 9 unspecified atom stereocenters. The number of nitrogens with zero attached hydrogens (tertiary/aromatic N) is 2. The summed E-state index contributed by atoms with van der Waals surface area (Å²) in [5.74, 6) is 3.07. The molecule has 3 heteroatoms. The maximum Gasteiger partial charge on any atom is 0.0678 e. The zero-order chi connectivity index (χ0) is 24.6. The molecule has 0 N–H and O–H groups in total. The first kappa shape index (κ1) is 23.2. The van der Waals surface area contributed by atoms with Gasteiger partial charge in [-0.3, -0.25) is 9.97 Å². The zero-order valence-electron chi connectivity index (χ0n) is 23.4. The van der Waals surface area contributed by atoms with Gasteiger partial charge in [-0.15, -0.1) is 0 Å². The molecule has 1 aliphatic heterocycles. The van der Waals surface area contributed by atoms with Gasteiger partial charge in [-0.1, -0.05) is 48.5 Å². The second kappa shape index (κ2) is 6.72. The third-order valence-electron chi connectivity index (χ3n) is 14.2. The molecule has 0 spiro atoms. The van der Waals surface area contributed by atoms with E-state index in [9.17, 15) is 0 Å². The summed E-state index contributed by atoms with van der Waals surface area (Å²) in [6.07, 6.45) is 16.6. The molecule has 7 rings (SSSR count). The molecule has 35 heavy (non-hydrogen) atoms. The van der Waals surface area contributed by atoms with Crippen LogP contribution in [0.1, 0.15) is 111 Å². The molecular weight excluding hydrogens is 428 g/mol. The molecule has 5 fully saturated rings. The normalized spacial score (nSPS) is 52.9. The number of fused-ring (bicyclic) bond motifs is 6. The van der Waals surface area contributed by atoms with Crippen LogP contribution < -0.4 is 0 Å². The maximum atomic E-state index is 6.75. The summed E-state index contributed by atoms with van der Waals surface area (Å²) in [4.78, 5) is 9.83. The monoisotopic (exact) mass is 476 g/mol. The quantitative estimate of drug-likeness (QED) is 0.392. The van der Waals surface area contributed by atoms with Gasteiger partial charge < -0.3 is 4.74 Å². The average Bonchev–Trinajstić information content (AvgIpc) is 3.13. The maximum absolute atomic E-state index is 6.75. The number of hydrogen-bond acceptors (Lipinski definition) is 3. The molecule has 2 bridgehead atoms. The van der Waals surface area contributed by atoms with Crippen LogP contribution in [-0.2, 0) is 16.6 Å². The van der Waals surface area contributed by atoms with Gasteiger partial charge in [0.2, 0.25) is 0 Å². The highest BCUT2D eigenvalue weighted by molar-refractivity contribution is 5.32. The van der Waals surface area contributed by atoms with Gasteiger partial charge in [0, 0.05) is 17.8 Å². The Morgan fingerprint density at radius 2 is 1.51 bits per heavy atom. The molecule has 1 saturated heterocycles. The van der Waals surface area contributed by atoms with E-state index in [2.05, 4.69) is 48.5 Å². The Bertz CT molecular complexity index is 1060. The lowest BCUT2D eigenvalue weighted by atomic mass is 9.31. The number of aromatic nitrogens is 2. The van der Waals surface area contributed by atoms with Crippen molar-refractivity contribution in [1.29, 1.82) is 0 Å². The molecule has 192 valence electrons. The van der Waals surface area contributed by atoms with Crippen LogP contribution in [0.2, 0.25) is 0 Å². The van der Waals surface area contributed by atoms with Gasteiger partial charge in [-0.2, -0.15) is 0 Å². The zero-order valence-corrected chi connectivity index (χ0v) is 23.4. The lowest BCUT2D eigenvalue weighted by Crippen LogP contribution is -2.67. The first-order chi connectivity index (χ1) is 16.4. The van der Waals surface area contributed by atoms with Crippen LogP contribution in [-0.4, -0.2) is 22.7 Å². The van der Waals surface area contributed by atoms with E-state index in [1.54, 1.807) is 0 Å². The lowest BCUT2D eigenvalue weighted by molar-refractivity contribution is -0.233. The molecular formula is C32H48N2O. The van der Waals surface area contributed by atoms with Crippen molar-refractivity contribution in [3.05, 3.63) is 23.8 Å². The van der Waals surface area contributed by atoms with Gasteiger partial charge in [0.15, 0.2) is 0 Å². The molecule has 0 radical (unpaired) electrons. The Morgan fingerprint density at radius 3 is 2.31 bits per heavy atom. The second-order valence-electron chi connectivity index (χ2n) is 16.0. The highest BCUT2D eigenvalue weighted by Gasteiger charge is 2.72. The molecule has 3 nitrogen and oxygen atoms in total. The fourth-order valence-electron chi connectivity index (χ4n) is 12.3. The van der Waals surface area contributed by atoms with E-state index >= 15 is 0 Å². The summed E-state index contributed by atoms with van der Waals surface area (Å²) in [5.41, 5.74) is 4.62. The minimum atomic E-state index is 0.104. The van der Waals surface area contributed by atoms with E-state index in [1.807, 2.05) is 12.4 Å². The van der Waals surface area contributed by atoms with Gasteiger partial charge in [-0.25, -0.2) is 0 Å². The molecule has 5 aliphatic carbocycles. The predicted octanol–water partition coefficient (Wildman–Crippen LogP) is 7.38. The largest absolute Gasteiger partial charge is 0.377 e. The summed E-state index contributed by atoms with van der Waals surface area (Å²) >= 11 is 0. The minimum Gasteiger partial charge on any atom is -0.377 e. The number of rotatable bonds is 0. The standard InChI is InChI=1S/C32H48N2O/c1-27(2)12-14-32-15-13-30(6)20(24(32)26(27)35-19-32)8-9-23-29(5)18-21-25(34-17-16-33-21)28(3,4)22(29)10-11-31(23,30)7/h16-17,20,22-24,26H,8-15,18-19H2,1-7H3. The number of ether oxygens (including phenoxy) is 1. The van der Waals surface area contributed by atoms with Crippen molar-refractivity contribution in [3.8, 4) is 0 Å². The van der Waals surface area contributed by atoms with E-state index in [1.165, 1.54) is 62.8 Å². The van der Waals surface area contributed by atoms with Crippen LogP contribution >= 0.6 is 0 Å². The van der Waals surface area contributed by atoms with E-state index in [4.69, 9.17) is 14.7 Å². The SMILES string of the molecule is CC1(C)CCC23CCC4(C)C(CCC5C6(C)Cc7nccnc7C(C)(C)C6CCC54C)C2C1OC3. The summed E-state index contributed by atoms with van der Waals surface area (Å²) in [6.45, 7) is 19.2. The smallest absolute Gasteiger partial charge is 0.0678 e. The molecule has 0 aromatic carbocycles. The first-order valence-electron chi connectivity index (χ1n) is 14.8. The van der Waals surface area contributed by atoms with Crippen molar-refractivity contribution in [2.75, 3.05) is 6.61 Å². The fourth-order valence-corrected chi connectivity index (χ4v) is 12.3. The van der Waals surface area contributed by atoms with Crippen molar-refractivity contribution in [2.24, 2.45) is 50.7 Å². The topological polar surface area (TPSA) is 35.0 Å². The Morgan fingerprint density at radius 1 is 0.771 bits per heavy atom.